The van der Waals surface area contributed by atoms with E-state index < -0.39 is 12.5 Å². The fraction of sp³-hybridized carbons (Fsp3) is 0.727. The summed E-state index contributed by atoms with van der Waals surface area (Å²) in [5, 5.41) is 7.45. The average Bonchev–Trinajstić information content (AvgIpc) is 2.63. The predicted molar refractivity (Wildman–Crippen MR) is 66.7 cm³/mol. The van der Waals surface area contributed by atoms with Gasteiger partial charge in [-0.1, -0.05) is 13.3 Å². The first-order valence-electron chi connectivity index (χ1n) is 5.94. The second kappa shape index (κ2) is 5.33. The molecule has 0 fully saturated rings. The summed E-state index contributed by atoms with van der Waals surface area (Å²) in [6.07, 6.45) is 0.983. The van der Waals surface area contributed by atoms with Crippen molar-refractivity contribution in [1.29, 1.82) is 0 Å². The summed E-state index contributed by atoms with van der Waals surface area (Å²) in [5.41, 5.74) is 0.877. The number of alkyl halides is 2. The molecule has 1 atom stereocenters. The van der Waals surface area contributed by atoms with Gasteiger partial charge in [-0.3, -0.25) is 0 Å². The van der Waals surface area contributed by atoms with Crippen LogP contribution in [0.2, 0.25) is 0 Å². The Balaban J connectivity index is 2.29. The molecule has 0 saturated heterocycles. The molecule has 0 bridgehead atoms. The maximum atomic E-state index is 12.9. The summed E-state index contributed by atoms with van der Waals surface area (Å²) in [7, 11) is 0. The van der Waals surface area contributed by atoms with E-state index in [1.54, 1.807) is 0 Å². The lowest BCUT2D eigenvalue weighted by molar-refractivity contribution is 0.0713. The van der Waals surface area contributed by atoms with Crippen LogP contribution >= 0.6 is 15.9 Å². The molecule has 17 heavy (non-hydrogen) atoms. The SMILES string of the molecule is CCCCc1nn2c(c1Br)NCCC2C(F)F. The van der Waals surface area contributed by atoms with Gasteiger partial charge < -0.3 is 5.32 Å². The van der Waals surface area contributed by atoms with Gasteiger partial charge in [0.2, 0.25) is 0 Å². The molecule has 1 aromatic rings. The van der Waals surface area contributed by atoms with E-state index >= 15 is 0 Å². The van der Waals surface area contributed by atoms with Crippen LogP contribution in [-0.2, 0) is 6.42 Å². The van der Waals surface area contributed by atoms with Gasteiger partial charge in [0.15, 0.2) is 0 Å². The Hall–Kier alpha value is -0.650. The number of unbranched alkanes of at least 4 members (excludes halogenated alkanes) is 1. The van der Waals surface area contributed by atoms with Crippen LogP contribution in [0.4, 0.5) is 14.6 Å². The third-order valence-electron chi connectivity index (χ3n) is 3.02. The summed E-state index contributed by atoms with van der Waals surface area (Å²) in [6, 6.07) is -0.794. The first kappa shape index (κ1) is 12.8. The van der Waals surface area contributed by atoms with Crippen LogP contribution in [0.25, 0.3) is 0 Å². The van der Waals surface area contributed by atoms with Crippen LogP contribution in [0.15, 0.2) is 4.47 Å². The smallest absolute Gasteiger partial charge is 0.260 e. The number of anilines is 1. The molecule has 6 heteroatoms. The zero-order valence-corrected chi connectivity index (χ0v) is 11.3. The van der Waals surface area contributed by atoms with Gasteiger partial charge in [0, 0.05) is 6.54 Å². The van der Waals surface area contributed by atoms with Crippen LogP contribution in [0.1, 0.15) is 37.9 Å². The largest absolute Gasteiger partial charge is 0.369 e. The van der Waals surface area contributed by atoms with Crippen LogP contribution in [0.3, 0.4) is 0 Å². The van der Waals surface area contributed by atoms with Crippen molar-refractivity contribution in [2.75, 3.05) is 11.9 Å². The zero-order chi connectivity index (χ0) is 12.4. The summed E-state index contributed by atoms with van der Waals surface area (Å²) >= 11 is 3.45. The summed E-state index contributed by atoms with van der Waals surface area (Å²) in [5.74, 6) is 0.702. The number of hydrogen-bond acceptors (Lipinski definition) is 2. The molecule has 2 rings (SSSR count). The van der Waals surface area contributed by atoms with Crippen molar-refractivity contribution in [3.05, 3.63) is 10.2 Å². The van der Waals surface area contributed by atoms with Gasteiger partial charge in [-0.25, -0.2) is 13.5 Å². The highest BCUT2D eigenvalue weighted by molar-refractivity contribution is 9.10. The number of aryl methyl sites for hydroxylation is 1. The quantitative estimate of drug-likeness (QED) is 0.921. The Morgan fingerprint density at radius 2 is 2.35 bits per heavy atom. The summed E-state index contributed by atoms with van der Waals surface area (Å²) in [4.78, 5) is 0. The van der Waals surface area contributed by atoms with E-state index in [0.717, 1.165) is 29.4 Å². The number of hydrogen-bond donors (Lipinski definition) is 1. The van der Waals surface area contributed by atoms with Gasteiger partial charge in [0.1, 0.15) is 11.9 Å². The highest BCUT2D eigenvalue weighted by Crippen LogP contribution is 2.35. The van der Waals surface area contributed by atoms with Crippen LogP contribution in [-0.4, -0.2) is 22.8 Å². The van der Waals surface area contributed by atoms with E-state index in [4.69, 9.17) is 0 Å². The number of nitrogens with one attached hydrogen (secondary N) is 1. The van der Waals surface area contributed by atoms with Crippen molar-refractivity contribution >= 4 is 21.7 Å². The standard InChI is InChI=1S/C11H16BrF2N3/c1-2-3-4-7-9(12)11-15-6-5-8(10(13)14)17(11)16-7/h8,10,15H,2-6H2,1H3. The highest BCUT2D eigenvalue weighted by Gasteiger charge is 2.31. The minimum absolute atomic E-state index is 0.423. The number of fused-ring (bicyclic) bond motifs is 1. The van der Waals surface area contributed by atoms with Crippen LogP contribution < -0.4 is 5.32 Å². The van der Waals surface area contributed by atoms with Crippen molar-refractivity contribution in [2.24, 2.45) is 0 Å². The van der Waals surface area contributed by atoms with E-state index in [1.165, 1.54) is 4.68 Å². The lowest BCUT2D eigenvalue weighted by Gasteiger charge is -2.24. The molecule has 96 valence electrons. The van der Waals surface area contributed by atoms with Crippen LogP contribution in [0, 0.1) is 0 Å². The number of aromatic nitrogens is 2. The minimum Gasteiger partial charge on any atom is -0.369 e. The fourth-order valence-corrected chi connectivity index (χ4v) is 2.66. The molecular formula is C11H16BrF2N3. The molecule has 1 N–H and O–H groups in total. The Labute approximate surface area is 108 Å². The Kier molecular flexibility index (Phi) is 4.01. The predicted octanol–water partition coefficient (Wildman–Crippen LogP) is 3.61. The Morgan fingerprint density at radius 3 is 3.00 bits per heavy atom. The van der Waals surface area contributed by atoms with Gasteiger partial charge in [0.05, 0.1) is 10.2 Å². The molecule has 0 radical (unpaired) electrons. The third-order valence-corrected chi connectivity index (χ3v) is 3.86. The zero-order valence-electron chi connectivity index (χ0n) is 9.72. The minimum atomic E-state index is -2.36. The lowest BCUT2D eigenvalue weighted by atomic mass is 10.2. The van der Waals surface area contributed by atoms with Crippen molar-refractivity contribution in [1.82, 2.24) is 9.78 Å². The molecule has 1 aromatic heterocycles. The average molecular weight is 308 g/mol. The molecule has 0 aliphatic carbocycles. The molecule has 0 spiro atoms. The molecule has 1 aliphatic rings. The lowest BCUT2D eigenvalue weighted by Crippen LogP contribution is -2.28. The monoisotopic (exact) mass is 307 g/mol. The highest BCUT2D eigenvalue weighted by atomic mass is 79.9. The first-order valence-corrected chi connectivity index (χ1v) is 6.73. The van der Waals surface area contributed by atoms with E-state index in [1.807, 2.05) is 0 Å². The third kappa shape index (κ3) is 2.46. The van der Waals surface area contributed by atoms with Gasteiger partial charge in [0.25, 0.3) is 6.43 Å². The molecule has 0 aromatic carbocycles. The van der Waals surface area contributed by atoms with E-state index in [9.17, 15) is 8.78 Å². The van der Waals surface area contributed by atoms with Crippen molar-refractivity contribution in [3.63, 3.8) is 0 Å². The molecule has 1 unspecified atom stereocenters. The van der Waals surface area contributed by atoms with Gasteiger partial charge >= 0.3 is 0 Å². The van der Waals surface area contributed by atoms with Gasteiger partial charge in [-0.05, 0) is 35.2 Å². The first-order chi connectivity index (χ1) is 8.15. The maximum absolute atomic E-state index is 12.9. The fourth-order valence-electron chi connectivity index (χ4n) is 2.06. The maximum Gasteiger partial charge on any atom is 0.260 e. The van der Waals surface area contributed by atoms with E-state index in [-0.39, 0.29) is 0 Å². The molecule has 3 nitrogen and oxygen atoms in total. The topological polar surface area (TPSA) is 29.9 Å². The van der Waals surface area contributed by atoms with E-state index in [0.29, 0.717) is 18.8 Å². The van der Waals surface area contributed by atoms with Crippen molar-refractivity contribution in [3.8, 4) is 0 Å². The van der Waals surface area contributed by atoms with Crippen molar-refractivity contribution in [2.45, 2.75) is 45.1 Å². The second-order valence-corrected chi connectivity index (χ2v) is 5.07. The van der Waals surface area contributed by atoms with Gasteiger partial charge in [-0.2, -0.15) is 5.10 Å². The number of halogens is 3. The second-order valence-electron chi connectivity index (χ2n) is 4.27. The van der Waals surface area contributed by atoms with Crippen LogP contribution in [0.5, 0.6) is 0 Å². The molecule has 0 amide bonds. The van der Waals surface area contributed by atoms with Gasteiger partial charge in [-0.15, -0.1) is 0 Å². The van der Waals surface area contributed by atoms with E-state index in [2.05, 4.69) is 33.3 Å². The number of rotatable bonds is 4. The summed E-state index contributed by atoms with van der Waals surface area (Å²) < 4.78 is 28.1. The molecule has 2 heterocycles. The molecule has 0 saturated carbocycles. The summed E-state index contributed by atoms with van der Waals surface area (Å²) in [6.45, 7) is 2.68. The van der Waals surface area contributed by atoms with Crippen molar-refractivity contribution < 1.29 is 8.78 Å². The molecule has 1 aliphatic heterocycles. The Morgan fingerprint density at radius 1 is 1.59 bits per heavy atom. The Bertz CT molecular complexity index is 392. The number of nitrogens with zero attached hydrogens (tertiary/aromatic N) is 2. The molecular weight excluding hydrogens is 292 g/mol. The normalized spacial score (nSPS) is 19.2.